The molecule has 0 aromatic heterocycles. The summed E-state index contributed by atoms with van der Waals surface area (Å²) in [5, 5.41) is 13.3. The lowest BCUT2D eigenvalue weighted by atomic mass is 9.92. The molecule has 2 saturated heterocycles. The van der Waals surface area contributed by atoms with Gasteiger partial charge in [-0.25, -0.2) is 0 Å². The molecule has 2 heterocycles. The lowest BCUT2D eigenvalue weighted by molar-refractivity contribution is -0.0190. The van der Waals surface area contributed by atoms with Crippen LogP contribution in [-0.2, 0) is 0 Å². The van der Waals surface area contributed by atoms with Crippen LogP contribution in [0.2, 0.25) is 0 Å². The van der Waals surface area contributed by atoms with Gasteiger partial charge < -0.3 is 10.4 Å². The van der Waals surface area contributed by atoms with Crippen LogP contribution in [0.25, 0.3) is 0 Å². The Balaban J connectivity index is 0.000000659. The molecule has 2 fully saturated rings. The van der Waals surface area contributed by atoms with Crippen molar-refractivity contribution in [3.8, 4) is 0 Å². The Hall–Kier alpha value is -0.120. The lowest BCUT2D eigenvalue weighted by Crippen LogP contribution is -2.51. The highest BCUT2D eigenvalue weighted by Gasteiger charge is 2.30. The molecular weight excluding hydrogens is 224 g/mol. The van der Waals surface area contributed by atoms with Gasteiger partial charge in [-0.2, -0.15) is 0 Å². The van der Waals surface area contributed by atoms with Crippen molar-refractivity contribution in [2.24, 2.45) is 0 Å². The Kier molecular flexibility index (Phi) is 9.70. The molecule has 1 atom stereocenters. The maximum Gasteiger partial charge on any atom is 0.0644 e. The summed E-state index contributed by atoms with van der Waals surface area (Å²) in [5.74, 6) is 0. The van der Waals surface area contributed by atoms with Crippen LogP contribution in [0.1, 0.15) is 60.3 Å². The van der Waals surface area contributed by atoms with Crippen molar-refractivity contribution in [2.45, 2.75) is 71.9 Å². The van der Waals surface area contributed by atoms with Crippen molar-refractivity contribution in [1.29, 1.82) is 0 Å². The average Bonchev–Trinajstić information content (AvgIpc) is 2.44. The van der Waals surface area contributed by atoms with Gasteiger partial charge in [0.2, 0.25) is 0 Å². The van der Waals surface area contributed by atoms with Crippen molar-refractivity contribution >= 4 is 0 Å². The van der Waals surface area contributed by atoms with Crippen molar-refractivity contribution in [2.75, 3.05) is 26.2 Å². The molecule has 0 amide bonds. The Labute approximate surface area is 114 Å². The number of rotatable bonds is 1. The van der Waals surface area contributed by atoms with Crippen LogP contribution in [0.4, 0.5) is 0 Å². The number of nitrogens with one attached hydrogen (secondary N) is 1. The Morgan fingerprint density at radius 2 is 1.67 bits per heavy atom. The molecule has 110 valence electrons. The smallest absolute Gasteiger partial charge is 0.0644 e. The molecule has 2 N–H and O–H groups in total. The van der Waals surface area contributed by atoms with E-state index in [9.17, 15) is 5.11 Å². The van der Waals surface area contributed by atoms with E-state index < -0.39 is 5.60 Å². The molecule has 0 bridgehead atoms. The van der Waals surface area contributed by atoms with Gasteiger partial charge in [-0.1, -0.05) is 27.7 Å². The first kappa shape index (κ1) is 17.9. The normalized spacial score (nSPS) is 27.3. The fourth-order valence-corrected chi connectivity index (χ4v) is 2.52. The van der Waals surface area contributed by atoms with E-state index in [1.807, 2.05) is 34.6 Å². The van der Waals surface area contributed by atoms with E-state index in [1.165, 1.54) is 19.4 Å². The number of hydrogen-bond acceptors (Lipinski definition) is 3. The van der Waals surface area contributed by atoms with Gasteiger partial charge in [0, 0.05) is 25.7 Å². The zero-order valence-corrected chi connectivity index (χ0v) is 13.1. The third kappa shape index (κ3) is 6.17. The largest absolute Gasteiger partial charge is 0.390 e. The van der Waals surface area contributed by atoms with Crippen molar-refractivity contribution in [1.82, 2.24) is 10.2 Å². The predicted octanol–water partition coefficient (Wildman–Crippen LogP) is 2.64. The van der Waals surface area contributed by atoms with E-state index in [0.717, 1.165) is 38.5 Å². The monoisotopic (exact) mass is 258 g/mol. The number of likely N-dealkylation sites (tertiary alicyclic amines) is 1. The fraction of sp³-hybridized carbons (Fsp3) is 1.00. The predicted molar refractivity (Wildman–Crippen MR) is 80.0 cm³/mol. The van der Waals surface area contributed by atoms with Crippen LogP contribution in [0.3, 0.4) is 0 Å². The van der Waals surface area contributed by atoms with Crippen molar-refractivity contribution in [3.05, 3.63) is 0 Å². The van der Waals surface area contributed by atoms with Gasteiger partial charge in [0.25, 0.3) is 0 Å². The zero-order valence-electron chi connectivity index (χ0n) is 13.1. The van der Waals surface area contributed by atoms with Gasteiger partial charge in [0.15, 0.2) is 0 Å². The summed E-state index contributed by atoms with van der Waals surface area (Å²) in [6.07, 6.45) is 4.50. The highest BCUT2D eigenvalue weighted by atomic mass is 16.3. The van der Waals surface area contributed by atoms with Gasteiger partial charge in [-0.15, -0.1) is 0 Å². The topological polar surface area (TPSA) is 35.5 Å². The highest BCUT2D eigenvalue weighted by molar-refractivity contribution is 4.87. The van der Waals surface area contributed by atoms with Gasteiger partial charge >= 0.3 is 0 Å². The first-order chi connectivity index (χ1) is 8.67. The third-order valence-corrected chi connectivity index (χ3v) is 3.66. The maximum atomic E-state index is 9.85. The second-order valence-corrected chi connectivity index (χ2v) is 5.03. The van der Waals surface area contributed by atoms with Gasteiger partial charge in [-0.3, -0.25) is 4.90 Å². The molecule has 1 unspecified atom stereocenters. The van der Waals surface area contributed by atoms with Crippen LogP contribution in [0, 0.1) is 0 Å². The number of nitrogens with zero attached hydrogens (tertiary/aromatic N) is 1. The molecule has 18 heavy (non-hydrogen) atoms. The van der Waals surface area contributed by atoms with E-state index in [-0.39, 0.29) is 0 Å². The second-order valence-electron chi connectivity index (χ2n) is 5.03. The number of piperidine rings is 2. The molecule has 0 saturated carbocycles. The molecule has 0 aromatic carbocycles. The second kappa shape index (κ2) is 9.76. The Morgan fingerprint density at radius 3 is 2.11 bits per heavy atom. The third-order valence-electron chi connectivity index (χ3n) is 3.66. The summed E-state index contributed by atoms with van der Waals surface area (Å²) in [7, 11) is 0. The molecule has 0 aromatic rings. The summed E-state index contributed by atoms with van der Waals surface area (Å²) < 4.78 is 0. The minimum Gasteiger partial charge on any atom is -0.390 e. The van der Waals surface area contributed by atoms with E-state index in [2.05, 4.69) is 10.2 Å². The molecule has 0 radical (unpaired) electrons. The number of aliphatic hydroxyl groups is 1. The van der Waals surface area contributed by atoms with Crippen molar-refractivity contribution < 1.29 is 5.11 Å². The standard InChI is InChI=1S/C11H22N2O.2C2H6/c1-11(14)4-7-13(8-5-11)10-3-2-6-12-9-10;2*1-2/h10,12,14H,2-9H2,1H3;2*1-2H3. The van der Waals surface area contributed by atoms with Gasteiger partial charge in [0.05, 0.1) is 5.60 Å². The highest BCUT2D eigenvalue weighted by Crippen LogP contribution is 2.24. The van der Waals surface area contributed by atoms with E-state index in [4.69, 9.17) is 0 Å². The summed E-state index contributed by atoms with van der Waals surface area (Å²) in [5.41, 5.74) is -0.404. The molecule has 0 spiro atoms. The SMILES string of the molecule is CC.CC.CC1(O)CCN(C2CCCNC2)CC1. The maximum absolute atomic E-state index is 9.85. The van der Waals surface area contributed by atoms with Crippen LogP contribution >= 0.6 is 0 Å². The summed E-state index contributed by atoms with van der Waals surface area (Å²) in [4.78, 5) is 2.55. The molecule has 3 nitrogen and oxygen atoms in total. The summed E-state index contributed by atoms with van der Waals surface area (Å²) in [6.45, 7) is 14.4. The average molecular weight is 258 g/mol. The van der Waals surface area contributed by atoms with E-state index >= 15 is 0 Å². The van der Waals surface area contributed by atoms with Gasteiger partial charge in [0.1, 0.15) is 0 Å². The van der Waals surface area contributed by atoms with Gasteiger partial charge in [-0.05, 0) is 39.2 Å². The Bertz CT molecular complexity index is 179. The zero-order chi connectivity index (χ0) is 14.0. The lowest BCUT2D eigenvalue weighted by Gasteiger charge is -2.41. The minimum absolute atomic E-state index is 0.404. The van der Waals surface area contributed by atoms with Crippen LogP contribution < -0.4 is 5.32 Å². The van der Waals surface area contributed by atoms with E-state index in [1.54, 1.807) is 0 Å². The molecule has 2 aliphatic heterocycles. The van der Waals surface area contributed by atoms with Crippen LogP contribution in [-0.4, -0.2) is 47.8 Å². The molecule has 3 heteroatoms. The number of hydrogen-bond donors (Lipinski definition) is 2. The van der Waals surface area contributed by atoms with E-state index in [0.29, 0.717) is 0 Å². The minimum atomic E-state index is -0.404. The molecule has 2 rings (SSSR count). The first-order valence-electron chi connectivity index (χ1n) is 7.84. The quantitative estimate of drug-likeness (QED) is 0.759. The summed E-state index contributed by atoms with van der Waals surface area (Å²) >= 11 is 0. The molecular formula is C15H34N2O. The molecule has 0 aliphatic carbocycles. The molecule has 2 aliphatic rings. The van der Waals surface area contributed by atoms with Crippen LogP contribution in [0.5, 0.6) is 0 Å². The van der Waals surface area contributed by atoms with Crippen LogP contribution in [0.15, 0.2) is 0 Å². The summed E-state index contributed by atoms with van der Waals surface area (Å²) in [6, 6.07) is 0.722. The Morgan fingerprint density at radius 1 is 1.11 bits per heavy atom. The van der Waals surface area contributed by atoms with Crippen molar-refractivity contribution in [3.63, 3.8) is 0 Å². The fourth-order valence-electron chi connectivity index (χ4n) is 2.52. The first-order valence-corrected chi connectivity index (χ1v) is 7.84.